The van der Waals surface area contributed by atoms with E-state index in [1.807, 2.05) is 0 Å². The molecule has 1 aromatic heterocycles. The fourth-order valence-corrected chi connectivity index (χ4v) is 5.06. The van der Waals surface area contributed by atoms with Crippen molar-refractivity contribution in [1.82, 2.24) is 9.88 Å². The van der Waals surface area contributed by atoms with Gasteiger partial charge in [0, 0.05) is 16.1 Å². The monoisotopic (exact) mass is 429 g/mol. The van der Waals surface area contributed by atoms with Gasteiger partial charge in [0.05, 0.1) is 24.5 Å². The minimum atomic E-state index is -3.86. The first-order valence-corrected chi connectivity index (χ1v) is 10.6. The third kappa shape index (κ3) is 4.46. The van der Waals surface area contributed by atoms with E-state index in [-0.39, 0.29) is 41.4 Å². The Balaban J connectivity index is 1.71. The van der Waals surface area contributed by atoms with Gasteiger partial charge in [-0.3, -0.25) is 19.2 Å². The molecule has 0 atom stereocenters. The maximum atomic E-state index is 12.6. The van der Waals surface area contributed by atoms with Crippen LogP contribution in [0.15, 0.2) is 29.3 Å². The number of nitrogens with one attached hydrogen (secondary N) is 1. The number of anilines is 1. The molecule has 0 bridgehead atoms. The molecule has 0 spiro atoms. The Hall–Kier alpha value is -2.01. The quantitative estimate of drug-likeness (QED) is 0.777. The lowest BCUT2D eigenvalue weighted by Crippen LogP contribution is -2.45. The number of thiazole rings is 1. The molecule has 1 aliphatic heterocycles. The van der Waals surface area contributed by atoms with Crippen LogP contribution in [-0.4, -0.2) is 49.9 Å². The summed E-state index contributed by atoms with van der Waals surface area (Å²) in [6.07, 6.45) is 1.37. The van der Waals surface area contributed by atoms with Crippen LogP contribution in [0, 0.1) is 6.92 Å². The maximum Gasteiger partial charge on any atom is 0.263 e. The fourth-order valence-electron chi connectivity index (χ4n) is 2.51. The Morgan fingerprint density at radius 3 is 2.96 bits per heavy atom. The molecule has 8 nitrogen and oxygen atoms in total. The largest absolute Gasteiger partial charge is 0.370 e. The summed E-state index contributed by atoms with van der Waals surface area (Å²) < 4.78 is 32.5. The SMILES string of the molecule is Cc1c(Cl)cccc1S(=O)(=O)Nc1ncc(CC(=O)N2CCOCC2=O)s1. The molecular formula is C16H16ClN3O5S2. The van der Waals surface area contributed by atoms with Crippen LogP contribution in [0.5, 0.6) is 0 Å². The van der Waals surface area contributed by atoms with Crippen LogP contribution < -0.4 is 4.72 Å². The molecule has 2 amide bonds. The number of halogens is 1. The molecule has 3 rings (SSSR count). The van der Waals surface area contributed by atoms with E-state index in [1.54, 1.807) is 19.1 Å². The summed E-state index contributed by atoms with van der Waals surface area (Å²) in [4.78, 5) is 29.7. The number of aromatic nitrogens is 1. The van der Waals surface area contributed by atoms with Crippen LogP contribution in [0.4, 0.5) is 5.13 Å². The van der Waals surface area contributed by atoms with Crippen molar-refractivity contribution in [1.29, 1.82) is 0 Å². The number of rotatable bonds is 5. The summed E-state index contributed by atoms with van der Waals surface area (Å²) in [6.45, 7) is 2.02. The number of benzene rings is 1. The zero-order valence-corrected chi connectivity index (χ0v) is 16.7. The number of morpholine rings is 1. The summed E-state index contributed by atoms with van der Waals surface area (Å²) in [5.74, 6) is -0.750. The standard InChI is InChI=1S/C16H16ClN3O5S2/c1-10-12(17)3-2-4-13(10)27(23,24)19-16-18-8-11(26-16)7-14(21)20-5-6-25-9-15(20)22/h2-4,8H,5-7,9H2,1H3,(H,18,19). The molecule has 1 N–H and O–H groups in total. The number of imide groups is 1. The minimum Gasteiger partial charge on any atom is -0.370 e. The molecule has 11 heteroatoms. The molecule has 144 valence electrons. The Morgan fingerprint density at radius 2 is 2.22 bits per heavy atom. The third-order valence-electron chi connectivity index (χ3n) is 3.90. The highest BCUT2D eigenvalue weighted by Gasteiger charge is 2.26. The van der Waals surface area contributed by atoms with E-state index in [1.165, 1.54) is 12.3 Å². The minimum absolute atomic E-state index is 0.0404. The number of hydrogen-bond donors (Lipinski definition) is 1. The van der Waals surface area contributed by atoms with Gasteiger partial charge in [0.1, 0.15) is 6.61 Å². The molecule has 2 heterocycles. The predicted molar refractivity (Wildman–Crippen MR) is 100 cm³/mol. The van der Waals surface area contributed by atoms with E-state index in [2.05, 4.69) is 9.71 Å². The van der Waals surface area contributed by atoms with Crippen molar-refractivity contribution in [3.05, 3.63) is 39.9 Å². The van der Waals surface area contributed by atoms with Gasteiger partial charge in [0.15, 0.2) is 5.13 Å². The van der Waals surface area contributed by atoms with E-state index in [9.17, 15) is 18.0 Å². The molecule has 1 aromatic carbocycles. The lowest BCUT2D eigenvalue weighted by Gasteiger charge is -2.24. The zero-order valence-electron chi connectivity index (χ0n) is 14.3. The van der Waals surface area contributed by atoms with E-state index in [0.29, 0.717) is 22.1 Å². The number of carbonyl (C=O) groups is 2. The average molecular weight is 430 g/mol. The summed E-state index contributed by atoms with van der Waals surface area (Å²) in [7, 11) is -3.86. The van der Waals surface area contributed by atoms with E-state index in [0.717, 1.165) is 16.2 Å². The molecule has 1 fully saturated rings. The van der Waals surface area contributed by atoms with Crippen molar-refractivity contribution in [2.75, 3.05) is 24.5 Å². The van der Waals surface area contributed by atoms with Gasteiger partial charge in [0.2, 0.25) is 5.91 Å². The molecule has 0 saturated carbocycles. The van der Waals surface area contributed by atoms with Gasteiger partial charge in [-0.05, 0) is 24.6 Å². The number of amides is 2. The predicted octanol–water partition coefficient (Wildman–Crippen LogP) is 1.83. The van der Waals surface area contributed by atoms with Gasteiger partial charge in [0.25, 0.3) is 15.9 Å². The molecule has 1 aliphatic rings. The van der Waals surface area contributed by atoms with Crippen molar-refractivity contribution in [3.63, 3.8) is 0 Å². The molecule has 1 saturated heterocycles. The second-order valence-corrected chi connectivity index (χ2v) is 8.94. The molecule has 2 aromatic rings. The highest BCUT2D eigenvalue weighted by Crippen LogP contribution is 2.27. The lowest BCUT2D eigenvalue weighted by atomic mass is 10.2. The van der Waals surface area contributed by atoms with Crippen LogP contribution in [0.25, 0.3) is 0 Å². The lowest BCUT2D eigenvalue weighted by molar-refractivity contribution is -0.153. The summed E-state index contributed by atoms with van der Waals surface area (Å²) >= 11 is 7.02. The highest BCUT2D eigenvalue weighted by atomic mass is 35.5. The first-order chi connectivity index (χ1) is 12.8. The molecule has 27 heavy (non-hydrogen) atoms. The Labute approximate surface area is 165 Å². The first-order valence-electron chi connectivity index (χ1n) is 7.91. The van der Waals surface area contributed by atoms with Crippen molar-refractivity contribution in [2.45, 2.75) is 18.2 Å². The number of ether oxygens (including phenoxy) is 1. The number of sulfonamides is 1. The summed E-state index contributed by atoms with van der Waals surface area (Å²) in [6, 6.07) is 4.61. The smallest absolute Gasteiger partial charge is 0.263 e. The second kappa shape index (κ2) is 7.93. The van der Waals surface area contributed by atoms with E-state index in [4.69, 9.17) is 16.3 Å². The Bertz CT molecular complexity index is 990. The Kier molecular flexibility index (Phi) is 5.80. The van der Waals surface area contributed by atoms with Crippen molar-refractivity contribution in [3.8, 4) is 0 Å². The van der Waals surface area contributed by atoms with Crippen LogP contribution in [0.1, 0.15) is 10.4 Å². The van der Waals surface area contributed by atoms with Crippen LogP contribution in [-0.2, 0) is 30.8 Å². The molecular weight excluding hydrogens is 414 g/mol. The molecule has 0 aliphatic carbocycles. The van der Waals surface area contributed by atoms with Crippen molar-refractivity contribution >= 4 is 49.9 Å². The number of carbonyl (C=O) groups excluding carboxylic acids is 2. The van der Waals surface area contributed by atoms with Gasteiger partial charge < -0.3 is 4.74 Å². The zero-order chi connectivity index (χ0) is 19.6. The Morgan fingerprint density at radius 1 is 1.44 bits per heavy atom. The van der Waals surface area contributed by atoms with Gasteiger partial charge in [-0.2, -0.15) is 0 Å². The number of hydrogen-bond acceptors (Lipinski definition) is 7. The van der Waals surface area contributed by atoms with E-state index < -0.39 is 10.0 Å². The summed E-state index contributed by atoms with van der Waals surface area (Å²) in [5, 5.41) is 0.476. The number of nitrogens with zero attached hydrogens (tertiary/aromatic N) is 2. The second-order valence-electron chi connectivity index (χ2n) is 5.77. The summed E-state index contributed by atoms with van der Waals surface area (Å²) in [5.41, 5.74) is 0.435. The van der Waals surface area contributed by atoms with Crippen LogP contribution in [0.3, 0.4) is 0 Å². The van der Waals surface area contributed by atoms with Crippen LogP contribution in [0.2, 0.25) is 5.02 Å². The molecule has 0 radical (unpaired) electrons. The normalized spacial score (nSPS) is 15.0. The van der Waals surface area contributed by atoms with E-state index >= 15 is 0 Å². The maximum absolute atomic E-state index is 12.6. The van der Waals surface area contributed by atoms with Crippen LogP contribution >= 0.6 is 22.9 Å². The van der Waals surface area contributed by atoms with Crippen molar-refractivity contribution in [2.24, 2.45) is 0 Å². The first kappa shape index (κ1) is 19.7. The van der Waals surface area contributed by atoms with Crippen molar-refractivity contribution < 1.29 is 22.7 Å². The third-order valence-corrected chi connectivity index (χ3v) is 6.83. The average Bonchev–Trinajstić information content (AvgIpc) is 3.03. The molecule has 0 unspecified atom stereocenters. The fraction of sp³-hybridized carbons (Fsp3) is 0.312. The van der Waals surface area contributed by atoms with Gasteiger partial charge in [-0.1, -0.05) is 17.7 Å². The highest BCUT2D eigenvalue weighted by molar-refractivity contribution is 7.93. The van der Waals surface area contributed by atoms with Gasteiger partial charge in [-0.25, -0.2) is 13.4 Å². The van der Waals surface area contributed by atoms with Gasteiger partial charge in [-0.15, -0.1) is 11.3 Å². The van der Waals surface area contributed by atoms with Gasteiger partial charge >= 0.3 is 0 Å². The topological polar surface area (TPSA) is 106 Å².